The van der Waals surface area contributed by atoms with E-state index in [1.165, 1.54) is 6.33 Å². The summed E-state index contributed by atoms with van der Waals surface area (Å²) in [6.45, 7) is 4.35. The molecule has 0 aliphatic carbocycles. The van der Waals surface area contributed by atoms with Crippen LogP contribution in [0, 0.1) is 5.92 Å². The zero-order valence-corrected chi connectivity index (χ0v) is 7.81. The van der Waals surface area contributed by atoms with Gasteiger partial charge >= 0.3 is 0 Å². The normalized spacial score (nSPS) is 11.3. The maximum absolute atomic E-state index is 4.32. The van der Waals surface area contributed by atoms with Crippen molar-refractivity contribution in [1.29, 1.82) is 0 Å². The summed E-state index contributed by atoms with van der Waals surface area (Å²) in [5.41, 5.74) is 1.86. The second-order valence-electron chi connectivity index (χ2n) is 3.53. The number of nitrogens with zero attached hydrogens (tertiary/aromatic N) is 4. The molecule has 2 aromatic heterocycles. The van der Waals surface area contributed by atoms with E-state index in [1.54, 1.807) is 4.63 Å². The van der Waals surface area contributed by atoms with E-state index in [0.717, 1.165) is 17.8 Å². The molecule has 0 unspecified atom stereocenters. The second-order valence-corrected chi connectivity index (χ2v) is 3.53. The van der Waals surface area contributed by atoms with E-state index < -0.39 is 0 Å². The first kappa shape index (κ1) is 8.16. The fraction of sp³-hybridized carbons (Fsp3) is 0.444. The Labute approximate surface area is 76.6 Å². The third-order valence-electron chi connectivity index (χ3n) is 1.82. The number of fused-ring (bicyclic) bond motifs is 1. The van der Waals surface area contributed by atoms with E-state index in [2.05, 4.69) is 29.0 Å². The monoisotopic (exact) mass is 176 g/mol. The van der Waals surface area contributed by atoms with Crippen LogP contribution in [0.3, 0.4) is 0 Å². The molecule has 13 heavy (non-hydrogen) atoms. The predicted octanol–water partition coefficient (Wildman–Crippen LogP) is 1.32. The van der Waals surface area contributed by atoms with Crippen LogP contribution < -0.4 is 0 Å². The van der Waals surface area contributed by atoms with Crippen LogP contribution in [0.5, 0.6) is 0 Å². The molecule has 68 valence electrons. The van der Waals surface area contributed by atoms with E-state index in [-0.39, 0.29) is 0 Å². The molecule has 2 rings (SSSR count). The third kappa shape index (κ3) is 1.66. The molecule has 0 aromatic carbocycles. The van der Waals surface area contributed by atoms with Gasteiger partial charge in [0.05, 0.1) is 5.69 Å². The number of rotatable bonds is 2. The van der Waals surface area contributed by atoms with E-state index >= 15 is 0 Å². The Kier molecular flexibility index (Phi) is 1.96. The molecule has 0 aliphatic heterocycles. The summed E-state index contributed by atoms with van der Waals surface area (Å²) < 4.78 is 1.57. The smallest absolute Gasteiger partial charge is 0.176 e. The molecule has 0 fully saturated rings. The lowest BCUT2D eigenvalue weighted by Crippen LogP contribution is -2.02. The van der Waals surface area contributed by atoms with Crippen LogP contribution in [0.25, 0.3) is 5.65 Å². The molecular formula is C9H12N4. The zero-order valence-electron chi connectivity index (χ0n) is 7.81. The summed E-state index contributed by atoms with van der Waals surface area (Å²) in [7, 11) is 0. The van der Waals surface area contributed by atoms with Crippen molar-refractivity contribution < 1.29 is 0 Å². The van der Waals surface area contributed by atoms with Crippen LogP contribution >= 0.6 is 0 Å². The Bertz CT molecular complexity index is 405. The Hall–Kier alpha value is -1.45. The highest BCUT2D eigenvalue weighted by molar-refractivity contribution is 5.34. The van der Waals surface area contributed by atoms with Gasteiger partial charge in [0.15, 0.2) is 5.65 Å². The molecule has 0 spiro atoms. The standard InChI is InChI=1S/C9H12N4/c1-7(2)5-8-3-4-9-10-6-11-13(9)12-8/h3-4,6-7H,5H2,1-2H3. The molecule has 0 saturated heterocycles. The summed E-state index contributed by atoms with van der Waals surface area (Å²) >= 11 is 0. The summed E-state index contributed by atoms with van der Waals surface area (Å²) in [4.78, 5) is 4.03. The molecule has 0 aliphatic rings. The van der Waals surface area contributed by atoms with Gasteiger partial charge in [-0.15, -0.1) is 9.73 Å². The van der Waals surface area contributed by atoms with Crippen molar-refractivity contribution in [3.63, 3.8) is 0 Å². The molecule has 0 bridgehead atoms. The lowest BCUT2D eigenvalue weighted by Gasteiger charge is -2.02. The minimum absolute atomic E-state index is 0.619. The predicted molar refractivity (Wildman–Crippen MR) is 49.3 cm³/mol. The van der Waals surface area contributed by atoms with Crippen molar-refractivity contribution in [2.24, 2.45) is 5.92 Å². The SMILES string of the molecule is CC(C)Cc1ccc2ncnn2n1. The number of hydrogen-bond donors (Lipinski definition) is 0. The van der Waals surface area contributed by atoms with Crippen molar-refractivity contribution in [3.8, 4) is 0 Å². The Morgan fingerprint density at radius 2 is 2.23 bits per heavy atom. The fourth-order valence-electron chi connectivity index (χ4n) is 1.28. The first-order chi connectivity index (χ1) is 6.25. The van der Waals surface area contributed by atoms with Gasteiger partial charge in [-0.05, 0) is 24.5 Å². The van der Waals surface area contributed by atoms with Gasteiger partial charge in [0.1, 0.15) is 6.33 Å². The second kappa shape index (κ2) is 3.12. The van der Waals surface area contributed by atoms with Crippen molar-refractivity contribution in [2.45, 2.75) is 20.3 Å². The van der Waals surface area contributed by atoms with E-state index in [1.807, 2.05) is 12.1 Å². The van der Waals surface area contributed by atoms with Crippen molar-refractivity contribution in [3.05, 3.63) is 24.2 Å². The van der Waals surface area contributed by atoms with Gasteiger partial charge in [-0.3, -0.25) is 0 Å². The van der Waals surface area contributed by atoms with Crippen LogP contribution in [-0.4, -0.2) is 19.8 Å². The molecule has 0 amide bonds. The molecule has 0 saturated carbocycles. The fourth-order valence-corrected chi connectivity index (χ4v) is 1.28. The first-order valence-electron chi connectivity index (χ1n) is 4.41. The van der Waals surface area contributed by atoms with E-state index in [9.17, 15) is 0 Å². The molecule has 0 radical (unpaired) electrons. The van der Waals surface area contributed by atoms with Crippen molar-refractivity contribution >= 4 is 5.65 Å². The highest BCUT2D eigenvalue weighted by Crippen LogP contribution is 2.05. The average Bonchev–Trinajstić information content (AvgIpc) is 2.49. The highest BCUT2D eigenvalue weighted by atomic mass is 15.4. The molecule has 0 N–H and O–H groups in total. The van der Waals surface area contributed by atoms with E-state index in [4.69, 9.17) is 0 Å². The van der Waals surface area contributed by atoms with Crippen LogP contribution in [0.4, 0.5) is 0 Å². The molecular weight excluding hydrogens is 164 g/mol. The molecule has 0 atom stereocenters. The van der Waals surface area contributed by atoms with Crippen LogP contribution in [0.15, 0.2) is 18.5 Å². The van der Waals surface area contributed by atoms with Crippen LogP contribution in [0.2, 0.25) is 0 Å². The molecule has 4 heteroatoms. The number of aromatic nitrogens is 4. The molecule has 4 nitrogen and oxygen atoms in total. The van der Waals surface area contributed by atoms with Crippen molar-refractivity contribution in [2.75, 3.05) is 0 Å². The summed E-state index contributed by atoms with van der Waals surface area (Å²) in [5.74, 6) is 0.619. The van der Waals surface area contributed by atoms with Gasteiger partial charge in [-0.2, -0.15) is 5.10 Å². The maximum atomic E-state index is 4.32. The Morgan fingerprint density at radius 1 is 1.38 bits per heavy atom. The van der Waals surface area contributed by atoms with Crippen LogP contribution in [0.1, 0.15) is 19.5 Å². The third-order valence-corrected chi connectivity index (χ3v) is 1.82. The molecule has 2 heterocycles. The van der Waals surface area contributed by atoms with Gasteiger partial charge < -0.3 is 0 Å². The van der Waals surface area contributed by atoms with Gasteiger partial charge in [0, 0.05) is 0 Å². The van der Waals surface area contributed by atoms with Gasteiger partial charge in [0.25, 0.3) is 0 Å². The van der Waals surface area contributed by atoms with Crippen molar-refractivity contribution in [1.82, 2.24) is 19.8 Å². The topological polar surface area (TPSA) is 43.1 Å². The average molecular weight is 176 g/mol. The zero-order chi connectivity index (χ0) is 9.26. The summed E-state index contributed by atoms with van der Waals surface area (Å²) in [6.07, 6.45) is 2.50. The highest BCUT2D eigenvalue weighted by Gasteiger charge is 2.01. The molecule has 2 aromatic rings. The Balaban J connectivity index is 2.37. The lowest BCUT2D eigenvalue weighted by atomic mass is 10.1. The maximum Gasteiger partial charge on any atom is 0.176 e. The quantitative estimate of drug-likeness (QED) is 0.693. The minimum Gasteiger partial charge on any atom is -0.213 e. The van der Waals surface area contributed by atoms with Crippen LogP contribution in [-0.2, 0) is 6.42 Å². The van der Waals surface area contributed by atoms with E-state index in [0.29, 0.717) is 5.92 Å². The van der Waals surface area contributed by atoms with Gasteiger partial charge in [-0.25, -0.2) is 4.98 Å². The largest absolute Gasteiger partial charge is 0.213 e. The first-order valence-corrected chi connectivity index (χ1v) is 4.41. The lowest BCUT2D eigenvalue weighted by molar-refractivity contribution is 0.616. The minimum atomic E-state index is 0.619. The van der Waals surface area contributed by atoms with Gasteiger partial charge in [-0.1, -0.05) is 13.8 Å². The Morgan fingerprint density at radius 3 is 3.00 bits per heavy atom. The number of hydrogen-bond acceptors (Lipinski definition) is 3. The van der Waals surface area contributed by atoms with Gasteiger partial charge in [0.2, 0.25) is 0 Å². The summed E-state index contributed by atoms with van der Waals surface area (Å²) in [5, 5.41) is 8.30. The summed E-state index contributed by atoms with van der Waals surface area (Å²) in [6, 6.07) is 3.95.